The fraction of sp³-hybridized carbons (Fsp3) is 0.462. The number of halogens is 10. The normalized spacial score (nSPS) is 15.1. The number of carbonyl (C=O) groups is 1. The standard InChI is InChI=1S/C26H24ClF9N8O4/c1-14(41-17-10-40-44(13-47-5-2-24(28,29)30)22(46)21(17)26(34,35)36)12-48-18-6-19(37-9-16(18)27)43-4-3-42(11-20(43)45)23-38-7-15(8-39-23)25(31,32)33/h6-10,14,41H,2-5,11-13H2,1H3/t14-/m0/s1. The first-order valence-corrected chi connectivity index (χ1v) is 14.0. The molecule has 1 N–H and O–H groups in total. The summed E-state index contributed by atoms with van der Waals surface area (Å²) in [5.74, 6) is -0.496. The Kier molecular flexibility index (Phi) is 10.9. The fourth-order valence-electron chi connectivity index (χ4n) is 4.21. The van der Waals surface area contributed by atoms with Crippen LogP contribution in [0.4, 0.5) is 57.0 Å². The summed E-state index contributed by atoms with van der Waals surface area (Å²) in [6.07, 6.45) is -12.7. The number of anilines is 3. The van der Waals surface area contributed by atoms with Crippen LogP contribution in [0.25, 0.3) is 0 Å². The van der Waals surface area contributed by atoms with Gasteiger partial charge in [0.2, 0.25) is 11.9 Å². The van der Waals surface area contributed by atoms with Gasteiger partial charge in [-0.1, -0.05) is 11.6 Å². The highest BCUT2D eigenvalue weighted by molar-refractivity contribution is 6.32. The second-order valence-corrected chi connectivity index (χ2v) is 10.6. The average Bonchev–Trinajstić information content (AvgIpc) is 2.98. The Morgan fingerprint density at radius 3 is 2.25 bits per heavy atom. The molecule has 1 aliphatic rings. The number of amides is 1. The lowest BCUT2D eigenvalue weighted by molar-refractivity contribution is -0.148. The van der Waals surface area contributed by atoms with Crippen LogP contribution in [0.15, 0.2) is 35.6 Å². The van der Waals surface area contributed by atoms with E-state index in [4.69, 9.17) is 16.3 Å². The molecule has 4 heterocycles. The monoisotopic (exact) mass is 718 g/mol. The fourth-order valence-corrected chi connectivity index (χ4v) is 4.37. The number of alkyl halides is 9. The van der Waals surface area contributed by atoms with Crippen molar-refractivity contribution >= 4 is 35.0 Å². The molecule has 48 heavy (non-hydrogen) atoms. The zero-order valence-corrected chi connectivity index (χ0v) is 25.2. The Morgan fingerprint density at radius 1 is 0.958 bits per heavy atom. The second-order valence-electron chi connectivity index (χ2n) is 10.2. The van der Waals surface area contributed by atoms with E-state index < -0.39 is 72.6 Å². The van der Waals surface area contributed by atoms with Gasteiger partial charge >= 0.3 is 18.5 Å². The lowest BCUT2D eigenvalue weighted by atomic mass is 10.2. The number of pyridine rings is 1. The summed E-state index contributed by atoms with van der Waals surface area (Å²) in [5, 5.41) is 6.00. The van der Waals surface area contributed by atoms with Gasteiger partial charge < -0.3 is 19.7 Å². The van der Waals surface area contributed by atoms with Gasteiger partial charge in [-0.25, -0.2) is 19.6 Å². The molecule has 0 aromatic carbocycles. The van der Waals surface area contributed by atoms with Crippen molar-refractivity contribution in [2.24, 2.45) is 0 Å². The number of piperazine rings is 1. The van der Waals surface area contributed by atoms with Gasteiger partial charge in [-0.2, -0.15) is 44.6 Å². The Bertz CT molecular complexity index is 1650. The van der Waals surface area contributed by atoms with Gasteiger partial charge in [0.15, 0.2) is 0 Å². The summed E-state index contributed by atoms with van der Waals surface area (Å²) in [6, 6.07) is 0.396. The maximum Gasteiger partial charge on any atom is 0.423 e. The molecular formula is C26H24ClF9N8O4. The molecule has 0 saturated carbocycles. The van der Waals surface area contributed by atoms with E-state index in [1.807, 2.05) is 0 Å². The molecule has 1 saturated heterocycles. The first-order valence-electron chi connectivity index (χ1n) is 13.6. The van der Waals surface area contributed by atoms with Crippen LogP contribution < -0.4 is 25.4 Å². The lowest BCUT2D eigenvalue weighted by Gasteiger charge is -2.33. The molecule has 1 fully saturated rings. The van der Waals surface area contributed by atoms with Crippen molar-refractivity contribution in [1.29, 1.82) is 0 Å². The summed E-state index contributed by atoms with van der Waals surface area (Å²) < 4.78 is 127. The number of hydrogen-bond acceptors (Lipinski definition) is 10. The minimum Gasteiger partial charge on any atom is -0.490 e. The molecule has 4 rings (SSSR count). The Morgan fingerprint density at radius 2 is 1.65 bits per heavy atom. The van der Waals surface area contributed by atoms with E-state index >= 15 is 0 Å². The zero-order valence-electron chi connectivity index (χ0n) is 24.5. The third-order valence-electron chi connectivity index (χ3n) is 6.51. The first kappa shape index (κ1) is 36.4. The van der Waals surface area contributed by atoms with Crippen molar-refractivity contribution < 1.29 is 53.8 Å². The lowest BCUT2D eigenvalue weighted by Crippen LogP contribution is -2.51. The van der Waals surface area contributed by atoms with Crippen LogP contribution in [0, 0.1) is 0 Å². The molecule has 0 aliphatic carbocycles. The highest BCUT2D eigenvalue weighted by atomic mass is 35.5. The molecule has 0 radical (unpaired) electrons. The summed E-state index contributed by atoms with van der Waals surface area (Å²) in [4.78, 5) is 39.5. The van der Waals surface area contributed by atoms with Crippen molar-refractivity contribution in [2.75, 3.05) is 48.0 Å². The SMILES string of the molecule is C[C@@H](COc1cc(N2CCN(c3ncc(C(F)(F)F)cn3)CC2=O)ncc1Cl)Nc1cnn(COCCC(F)(F)F)c(=O)c1C(F)(F)F. The van der Waals surface area contributed by atoms with Crippen LogP contribution in [0.5, 0.6) is 5.75 Å². The number of hydrogen-bond donors (Lipinski definition) is 1. The molecule has 1 amide bonds. The highest BCUT2D eigenvalue weighted by Crippen LogP contribution is 2.33. The minimum atomic E-state index is -5.17. The molecule has 262 valence electrons. The summed E-state index contributed by atoms with van der Waals surface area (Å²) in [7, 11) is 0. The number of rotatable bonds is 11. The van der Waals surface area contributed by atoms with Crippen molar-refractivity contribution in [2.45, 2.75) is 44.6 Å². The quantitative estimate of drug-likeness (QED) is 0.219. The summed E-state index contributed by atoms with van der Waals surface area (Å²) in [6.45, 7) is -0.880. The number of nitrogens with one attached hydrogen (secondary N) is 1. The third kappa shape index (κ3) is 9.36. The van der Waals surface area contributed by atoms with E-state index in [2.05, 4.69) is 30.1 Å². The van der Waals surface area contributed by atoms with Gasteiger partial charge in [0.25, 0.3) is 5.56 Å². The van der Waals surface area contributed by atoms with Crippen molar-refractivity contribution in [3.8, 4) is 5.75 Å². The van der Waals surface area contributed by atoms with Crippen molar-refractivity contribution in [3.05, 3.63) is 57.4 Å². The van der Waals surface area contributed by atoms with E-state index in [9.17, 15) is 49.1 Å². The predicted molar refractivity (Wildman–Crippen MR) is 150 cm³/mol. The molecule has 1 atom stereocenters. The molecular weight excluding hydrogens is 695 g/mol. The van der Waals surface area contributed by atoms with Crippen LogP contribution in [0.3, 0.4) is 0 Å². The maximum atomic E-state index is 13.8. The number of ether oxygens (including phenoxy) is 2. The van der Waals surface area contributed by atoms with Gasteiger partial charge in [0.05, 0.1) is 42.7 Å². The smallest absolute Gasteiger partial charge is 0.423 e. The average molecular weight is 719 g/mol. The van der Waals surface area contributed by atoms with E-state index in [0.29, 0.717) is 18.6 Å². The third-order valence-corrected chi connectivity index (χ3v) is 6.80. The van der Waals surface area contributed by atoms with Crippen LogP contribution in [-0.2, 0) is 28.6 Å². The molecule has 0 unspecified atom stereocenters. The van der Waals surface area contributed by atoms with Crippen molar-refractivity contribution in [1.82, 2.24) is 24.7 Å². The summed E-state index contributed by atoms with van der Waals surface area (Å²) >= 11 is 6.17. The topological polar surface area (TPSA) is 128 Å². The number of nitrogens with zero attached hydrogens (tertiary/aromatic N) is 7. The van der Waals surface area contributed by atoms with E-state index in [1.54, 1.807) is 0 Å². The largest absolute Gasteiger partial charge is 0.490 e. The molecule has 0 spiro atoms. The van der Waals surface area contributed by atoms with Gasteiger partial charge in [-0.05, 0) is 6.92 Å². The Hall–Kier alpha value is -4.40. The predicted octanol–water partition coefficient (Wildman–Crippen LogP) is 4.78. The van der Waals surface area contributed by atoms with Crippen molar-refractivity contribution in [3.63, 3.8) is 0 Å². The molecule has 3 aromatic heterocycles. The molecule has 22 heteroatoms. The van der Waals surface area contributed by atoms with E-state index in [1.165, 1.54) is 29.0 Å². The van der Waals surface area contributed by atoms with Crippen LogP contribution in [0.1, 0.15) is 24.5 Å². The molecule has 12 nitrogen and oxygen atoms in total. The van der Waals surface area contributed by atoms with Gasteiger partial charge in [0, 0.05) is 31.5 Å². The number of aromatic nitrogens is 5. The second kappa shape index (κ2) is 14.4. The molecule has 3 aromatic rings. The Labute approximate surface area is 269 Å². The van der Waals surface area contributed by atoms with Gasteiger partial charge in [0.1, 0.15) is 42.0 Å². The maximum absolute atomic E-state index is 13.8. The minimum absolute atomic E-state index is 0.00258. The van der Waals surface area contributed by atoms with Crippen LogP contribution in [0.2, 0.25) is 5.02 Å². The van der Waals surface area contributed by atoms with Gasteiger partial charge in [-0.3, -0.25) is 14.5 Å². The number of carbonyl (C=O) groups excluding carboxylic acids is 1. The van der Waals surface area contributed by atoms with Crippen LogP contribution >= 0.6 is 11.6 Å². The van der Waals surface area contributed by atoms with Crippen LogP contribution in [-0.4, -0.2) is 75.7 Å². The van der Waals surface area contributed by atoms with E-state index in [-0.39, 0.29) is 53.5 Å². The molecule has 1 aliphatic heterocycles. The first-order chi connectivity index (χ1) is 22.3. The highest BCUT2D eigenvalue weighted by Gasteiger charge is 2.39. The molecule has 0 bridgehead atoms. The Balaban J connectivity index is 1.39. The zero-order chi connectivity index (χ0) is 35.4. The van der Waals surface area contributed by atoms with E-state index in [0.717, 1.165) is 0 Å². The summed E-state index contributed by atoms with van der Waals surface area (Å²) in [5.41, 5.74) is -5.08. The van der Waals surface area contributed by atoms with Gasteiger partial charge in [-0.15, -0.1) is 0 Å².